The van der Waals surface area contributed by atoms with Gasteiger partial charge in [-0.3, -0.25) is 0 Å². The summed E-state index contributed by atoms with van der Waals surface area (Å²) in [6.07, 6.45) is 1.97. The Morgan fingerprint density at radius 2 is 1.83 bits per heavy atom. The highest BCUT2D eigenvalue weighted by molar-refractivity contribution is 5.24. The van der Waals surface area contributed by atoms with E-state index in [9.17, 15) is 0 Å². The first-order valence-corrected chi connectivity index (χ1v) is 6.69. The zero-order valence-corrected chi connectivity index (χ0v) is 12.0. The Morgan fingerprint density at radius 3 is 2.33 bits per heavy atom. The van der Waals surface area contributed by atoms with Crippen molar-refractivity contribution in [2.45, 2.75) is 47.1 Å². The molecule has 102 valence electrons. The minimum absolute atomic E-state index is 0.466. The van der Waals surface area contributed by atoms with Gasteiger partial charge >= 0.3 is 0 Å². The lowest BCUT2D eigenvalue weighted by atomic mass is 9.99. The van der Waals surface area contributed by atoms with Crippen molar-refractivity contribution >= 4 is 0 Å². The van der Waals surface area contributed by atoms with Crippen LogP contribution in [0.1, 0.15) is 43.0 Å². The van der Waals surface area contributed by atoms with Crippen molar-refractivity contribution in [1.82, 2.24) is 9.97 Å². The third-order valence-corrected chi connectivity index (χ3v) is 3.00. The second kappa shape index (κ2) is 7.44. The zero-order valence-electron chi connectivity index (χ0n) is 12.0. The number of nitrogens with zero attached hydrogens (tertiary/aromatic N) is 2. The largest absolute Gasteiger partial charge is 0.373 e. The van der Waals surface area contributed by atoms with E-state index < -0.39 is 0 Å². The molecule has 0 amide bonds. The lowest BCUT2D eigenvalue weighted by Crippen LogP contribution is -2.16. The molecule has 0 saturated carbocycles. The van der Waals surface area contributed by atoms with Crippen LogP contribution in [0.5, 0.6) is 0 Å². The number of hydrogen-bond donors (Lipinski definition) is 1. The van der Waals surface area contributed by atoms with Crippen molar-refractivity contribution < 1.29 is 4.74 Å². The SMILES string of the molecule is CCCOCc1nc(C)c(CC(C)CN)c(C)n1. The van der Waals surface area contributed by atoms with Crippen molar-refractivity contribution in [3.8, 4) is 0 Å². The molecule has 0 fully saturated rings. The van der Waals surface area contributed by atoms with E-state index in [-0.39, 0.29) is 0 Å². The van der Waals surface area contributed by atoms with Gasteiger partial charge in [0.25, 0.3) is 0 Å². The zero-order chi connectivity index (χ0) is 13.5. The highest BCUT2D eigenvalue weighted by Crippen LogP contribution is 2.15. The van der Waals surface area contributed by atoms with Crippen LogP contribution in [-0.2, 0) is 17.8 Å². The molecule has 2 N–H and O–H groups in total. The van der Waals surface area contributed by atoms with Gasteiger partial charge in [-0.1, -0.05) is 13.8 Å². The summed E-state index contributed by atoms with van der Waals surface area (Å²) in [6.45, 7) is 10.3. The van der Waals surface area contributed by atoms with Gasteiger partial charge in [-0.15, -0.1) is 0 Å². The minimum atomic E-state index is 0.466. The third-order valence-electron chi connectivity index (χ3n) is 3.00. The van der Waals surface area contributed by atoms with Gasteiger partial charge in [0, 0.05) is 18.0 Å². The molecule has 1 atom stereocenters. The molecule has 1 aromatic heterocycles. The van der Waals surface area contributed by atoms with E-state index in [4.69, 9.17) is 10.5 Å². The van der Waals surface area contributed by atoms with E-state index in [1.54, 1.807) is 0 Å². The Kier molecular flexibility index (Phi) is 6.22. The average Bonchev–Trinajstić information content (AvgIpc) is 2.34. The molecular weight excluding hydrogens is 226 g/mol. The lowest BCUT2D eigenvalue weighted by Gasteiger charge is -2.14. The van der Waals surface area contributed by atoms with E-state index in [1.807, 2.05) is 13.8 Å². The van der Waals surface area contributed by atoms with Crippen LogP contribution >= 0.6 is 0 Å². The first-order chi connectivity index (χ1) is 8.58. The summed E-state index contributed by atoms with van der Waals surface area (Å²) in [5.74, 6) is 1.25. The van der Waals surface area contributed by atoms with Crippen molar-refractivity contribution in [2.75, 3.05) is 13.2 Å². The van der Waals surface area contributed by atoms with Gasteiger partial charge in [0.15, 0.2) is 5.82 Å². The molecule has 1 unspecified atom stereocenters. The van der Waals surface area contributed by atoms with Gasteiger partial charge in [-0.25, -0.2) is 9.97 Å². The second-order valence-corrected chi connectivity index (χ2v) is 4.89. The first-order valence-electron chi connectivity index (χ1n) is 6.69. The molecule has 0 bridgehead atoms. The number of aryl methyl sites for hydroxylation is 2. The maximum atomic E-state index is 5.67. The van der Waals surface area contributed by atoms with Crippen LogP contribution in [0.3, 0.4) is 0 Å². The van der Waals surface area contributed by atoms with E-state index in [2.05, 4.69) is 23.8 Å². The summed E-state index contributed by atoms with van der Waals surface area (Å²) in [4.78, 5) is 9.03. The number of nitrogens with two attached hydrogens (primary N) is 1. The van der Waals surface area contributed by atoms with Crippen molar-refractivity contribution in [3.05, 3.63) is 22.8 Å². The molecular formula is C14H25N3O. The summed E-state index contributed by atoms with van der Waals surface area (Å²) >= 11 is 0. The fourth-order valence-corrected chi connectivity index (χ4v) is 1.91. The Morgan fingerprint density at radius 1 is 1.22 bits per heavy atom. The van der Waals surface area contributed by atoms with Crippen molar-refractivity contribution in [2.24, 2.45) is 11.7 Å². The van der Waals surface area contributed by atoms with Crippen LogP contribution in [0.15, 0.2) is 0 Å². The molecule has 4 nitrogen and oxygen atoms in total. The molecule has 0 saturated heterocycles. The molecule has 0 spiro atoms. The summed E-state index contributed by atoms with van der Waals surface area (Å²) < 4.78 is 5.48. The fraction of sp³-hybridized carbons (Fsp3) is 0.714. The first kappa shape index (κ1) is 15.1. The van der Waals surface area contributed by atoms with Gasteiger partial charge in [0.1, 0.15) is 6.61 Å². The minimum Gasteiger partial charge on any atom is -0.373 e. The Labute approximate surface area is 110 Å². The normalized spacial score (nSPS) is 12.7. The van der Waals surface area contributed by atoms with Crippen LogP contribution in [0.25, 0.3) is 0 Å². The molecule has 0 radical (unpaired) electrons. The van der Waals surface area contributed by atoms with Crippen molar-refractivity contribution in [1.29, 1.82) is 0 Å². The number of aromatic nitrogens is 2. The highest BCUT2D eigenvalue weighted by Gasteiger charge is 2.11. The maximum Gasteiger partial charge on any atom is 0.154 e. The third kappa shape index (κ3) is 4.35. The maximum absolute atomic E-state index is 5.67. The van der Waals surface area contributed by atoms with Crippen LogP contribution in [0.2, 0.25) is 0 Å². The van der Waals surface area contributed by atoms with Crippen LogP contribution in [-0.4, -0.2) is 23.1 Å². The van der Waals surface area contributed by atoms with Gasteiger partial charge in [0.2, 0.25) is 0 Å². The van der Waals surface area contributed by atoms with Crippen LogP contribution < -0.4 is 5.73 Å². The Hall–Kier alpha value is -1.00. The van der Waals surface area contributed by atoms with Crippen LogP contribution in [0, 0.1) is 19.8 Å². The topological polar surface area (TPSA) is 61.0 Å². The molecule has 0 aliphatic heterocycles. The Bertz CT molecular complexity index is 356. The smallest absolute Gasteiger partial charge is 0.154 e. The van der Waals surface area contributed by atoms with E-state index >= 15 is 0 Å². The van der Waals surface area contributed by atoms with Crippen LogP contribution in [0.4, 0.5) is 0 Å². The lowest BCUT2D eigenvalue weighted by molar-refractivity contribution is 0.115. The van der Waals surface area contributed by atoms with Gasteiger partial charge < -0.3 is 10.5 Å². The Balaban J connectivity index is 2.77. The number of ether oxygens (including phenoxy) is 1. The molecule has 0 aromatic carbocycles. The molecule has 1 heterocycles. The van der Waals surface area contributed by atoms with Crippen molar-refractivity contribution in [3.63, 3.8) is 0 Å². The molecule has 4 heteroatoms. The van der Waals surface area contributed by atoms with E-state index in [0.717, 1.165) is 36.7 Å². The summed E-state index contributed by atoms with van der Waals surface area (Å²) in [7, 11) is 0. The quantitative estimate of drug-likeness (QED) is 0.754. The van der Waals surface area contributed by atoms with Gasteiger partial charge in [-0.05, 0) is 44.7 Å². The summed E-state index contributed by atoms with van der Waals surface area (Å²) in [5.41, 5.74) is 9.01. The highest BCUT2D eigenvalue weighted by atomic mass is 16.5. The van der Waals surface area contributed by atoms with E-state index in [0.29, 0.717) is 19.1 Å². The van der Waals surface area contributed by atoms with Gasteiger partial charge in [0.05, 0.1) is 0 Å². The monoisotopic (exact) mass is 251 g/mol. The van der Waals surface area contributed by atoms with E-state index in [1.165, 1.54) is 5.56 Å². The summed E-state index contributed by atoms with van der Waals surface area (Å²) in [6, 6.07) is 0. The predicted octanol–water partition coefficient (Wildman–Crippen LogP) is 2.16. The predicted molar refractivity (Wildman–Crippen MR) is 73.4 cm³/mol. The molecule has 0 aliphatic carbocycles. The molecule has 1 rings (SSSR count). The fourth-order valence-electron chi connectivity index (χ4n) is 1.91. The average molecular weight is 251 g/mol. The number of rotatable bonds is 7. The standard InChI is InChI=1S/C14H25N3O/c1-5-6-18-9-14-16-11(3)13(12(4)17-14)7-10(2)8-15/h10H,5-9,15H2,1-4H3. The molecule has 18 heavy (non-hydrogen) atoms. The second-order valence-electron chi connectivity index (χ2n) is 4.89. The summed E-state index contributed by atoms with van der Waals surface area (Å²) in [5, 5.41) is 0. The van der Waals surface area contributed by atoms with Gasteiger partial charge in [-0.2, -0.15) is 0 Å². The number of hydrogen-bond acceptors (Lipinski definition) is 4. The molecule has 0 aliphatic rings. The molecule has 1 aromatic rings.